The van der Waals surface area contributed by atoms with Crippen LogP contribution in [0.25, 0.3) is 5.57 Å². The maximum Gasteiger partial charge on any atom is 0.303 e. The molecular weight excluding hydrogens is 224 g/mol. The number of benzene rings is 1. The molecule has 0 aliphatic carbocycles. The van der Waals surface area contributed by atoms with Gasteiger partial charge in [-0.25, -0.2) is 0 Å². The second-order valence-corrected chi connectivity index (χ2v) is 4.28. The molecule has 0 spiro atoms. The highest BCUT2D eigenvalue weighted by Crippen LogP contribution is 2.27. The van der Waals surface area contributed by atoms with Crippen LogP contribution in [0.3, 0.4) is 0 Å². The van der Waals surface area contributed by atoms with Crippen molar-refractivity contribution in [2.75, 3.05) is 0 Å². The molecule has 0 aliphatic rings. The maximum absolute atomic E-state index is 10.7. The van der Waals surface area contributed by atoms with E-state index >= 15 is 0 Å². The van der Waals surface area contributed by atoms with Crippen molar-refractivity contribution in [1.29, 1.82) is 0 Å². The Balaban J connectivity index is 2.99. The van der Waals surface area contributed by atoms with Gasteiger partial charge in [-0.3, -0.25) is 4.79 Å². The van der Waals surface area contributed by atoms with E-state index in [1.807, 2.05) is 32.1 Å². The van der Waals surface area contributed by atoms with Crippen LogP contribution in [-0.4, -0.2) is 11.1 Å². The first-order chi connectivity index (χ1) is 8.58. The number of carbonyl (C=O) groups is 1. The molecule has 2 nitrogen and oxygen atoms in total. The van der Waals surface area contributed by atoms with Gasteiger partial charge in [0.15, 0.2) is 0 Å². The minimum absolute atomic E-state index is 0.169. The van der Waals surface area contributed by atoms with Crippen LogP contribution in [0.4, 0.5) is 0 Å². The van der Waals surface area contributed by atoms with Crippen molar-refractivity contribution in [3.05, 3.63) is 53.1 Å². The predicted octanol–water partition coefficient (Wildman–Crippen LogP) is 4.21. The lowest BCUT2D eigenvalue weighted by atomic mass is 9.93. The summed E-state index contributed by atoms with van der Waals surface area (Å²) in [6, 6.07) is 8.27. The highest BCUT2D eigenvalue weighted by molar-refractivity contribution is 5.80. The quantitative estimate of drug-likeness (QED) is 0.788. The molecule has 1 rings (SSSR count). The largest absolute Gasteiger partial charge is 0.481 e. The van der Waals surface area contributed by atoms with E-state index in [1.165, 1.54) is 5.56 Å². The van der Waals surface area contributed by atoms with Crippen molar-refractivity contribution in [3.63, 3.8) is 0 Å². The van der Waals surface area contributed by atoms with Crippen LogP contribution in [0.5, 0.6) is 0 Å². The van der Waals surface area contributed by atoms with Crippen LogP contribution >= 0.6 is 0 Å². The Morgan fingerprint density at radius 1 is 1.22 bits per heavy atom. The van der Waals surface area contributed by atoms with Crippen molar-refractivity contribution in [2.45, 2.75) is 33.6 Å². The lowest BCUT2D eigenvalue weighted by Crippen LogP contribution is -1.98. The van der Waals surface area contributed by atoms with Gasteiger partial charge in [0.25, 0.3) is 0 Å². The Bertz CT molecular complexity index is 482. The second kappa shape index (κ2) is 6.80. The number of allylic oxidation sites excluding steroid dienone is 4. The fourth-order valence-electron chi connectivity index (χ4n) is 2.03. The summed E-state index contributed by atoms with van der Waals surface area (Å²) in [5.41, 5.74) is 4.57. The van der Waals surface area contributed by atoms with Crippen molar-refractivity contribution >= 4 is 11.5 Å². The Morgan fingerprint density at radius 2 is 1.94 bits per heavy atom. The molecule has 0 aromatic heterocycles. The molecule has 0 radical (unpaired) electrons. The van der Waals surface area contributed by atoms with Gasteiger partial charge in [0.1, 0.15) is 0 Å². The minimum Gasteiger partial charge on any atom is -0.481 e. The van der Waals surface area contributed by atoms with Crippen molar-refractivity contribution in [3.8, 4) is 0 Å². The van der Waals surface area contributed by atoms with Gasteiger partial charge in [-0.1, -0.05) is 42.0 Å². The van der Waals surface area contributed by atoms with Gasteiger partial charge >= 0.3 is 5.97 Å². The molecule has 0 heterocycles. The molecule has 0 bridgehead atoms. The van der Waals surface area contributed by atoms with Crippen molar-refractivity contribution in [2.24, 2.45) is 0 Å². The molecule has 96 valence electrons. The van der Waals surface area contributed by atoms with Crippen LogP contribution in [0.1, 0.15) is 37.8 Å². The Labute approximate surface area is 109 Å². The first-order valence-corrected chi connectivity index (χ1v) is 6.19. The predicted molar refractivity (Wildman–Crippen MR) is 75.5 cm³/mol. The molecule has 0 saturated heterocycles. The molecule has 1 aromatic rings. The SMILES string of the molecule is C/C=C(CCC(=O)O)\C(=C/C)c1cccc(C)c1. The zero-order chi connectivity index (χ0) is 13.5. The number of hydrogen-bond donors (Lipinski definition) is 1. The Hall–Kier alpha value is -1.83. The first kappa shape index (κ1) is 14.2. The normalized spacial score (nSPS) is 12.6. The minimum atomic E-state index is -0.756. The average molecular weight is 244 g/mol. The van der Waals surface area contributed by atoms with E-state index in [2.05, 4.69) is 25.1 Å². The van der Waals surface area contributed by atoms with Gasteiger partial charge in [0.05, 0.1) is 0 Å². The van der Waals surface area contributed by atoms with E-state index in [4.69, 9.17) is 5.11 Å². The summed E-state index contributed by atoms with van der Waals surface area (Å²) in [6.45, 7) is 6.00. The molecule has 0 unspecified atom stereocenters. The number of aliphatic carboxylic acids is 1. The first-order valence-electron chi connectivity index (χ1n) is 6.19. The average Bonchev–Trinajstić information content (AvgIpc) is 2.34. The third-order valence-corrected chi connectivity index (χ3v) is 2.92. The molecule has 1 N–H and O–H groups in total. The summed E-state index contributed by atoms with van der Waals surface area (Å²) in [5, 5.41) is 8.78. The fourth-order valence-corrected chi connectivity index (χ4v) is 2.03. The number of aryl methyl sites for hydroxylation is 1. The lowest BCUT2D eigenvalue weighted by molar-refractivity contribution is -0.136. The molecular formula is C16H20O2. The molecule has 2 heteroatoms. The van der Waals surface area contributed by atoms with Gasteiger partial charge in [-0.2, -0.15) is 0 Å². The lowest BCUT2D eigenvalue weighted by Gasteiger charge is -2.12. The summed E-state index contributed by atoms with van der Waals surface area (Å²) in [6.07, 6.45) is 4.79. The third-order valence-electron chi connectivity index (χ3n) is 2.92. The Morgan fingerprint density at radius 3 is 2.44 bits per heavy atom. The number of carboxylic acid groups (broad SMARTS) is 1. The van der Waals surface area contributed by atoms with Gasteiger partial charge in [-0.05, 0) is 43.9 Å². The smallest absolute Gasteiger partial charge is 0.303 e. The van der Waals surface area contributed by atoms with E-state index in [0.29, 0.717) is 6.42 Å². The summed E-state index contributed by atoms with van der Waals surface area (Å²) >= 11 is 0. The van der Waals surface area contributed by atoms with E-state index in [-0.39, 0.29) is 6.42 Å². The highest BCUT2D eigenvalue weighted by atomic mass is 16.4. The number of hydrogen-bond acceptors (Lipinski definition) is 1. The van der Waals surface area contributed by atoms with Crippen LogP contribution in [0.15, 0.2) is 42.0 Å². The summed E-state index contributed by atoms with van der Waals surface area (Å²) < 4.78 is 0. The standard InChI is InChI=1S/C16H20O2/c1-4-13(9-10-16(17)18)15(5-2)14-8-6-7-12(3)11-14/h4-8,11H,9-10H2,1-3H3,(H,17,18)/b13-4-,15-5+. The fraction of sp³-hybridized carbons (Fsp3) is 0.312. The van der Waals surface area contributed by atoms with E-state index < -0.39 is 5.97 Å². The van der Waals surface area contributed by atoms with Gasteiger partial charge < -0.3 is 5.11 Å². The van der Waals surface area contributed by atoms with E-state index in [0.717, 1.165) is 16.7 Å². The number of carboxylic acids is 1. The Kier molecular flexibility index (Phi) is 5.37. The molecule has 1 aromatic carbocycles. The van der Waals surface area contributed by atoms with Crippen molar-refractivity contribution < 1.29 is 9.90 Å². The second-order valence-electron chi connectivity index (χ2n) is 4.28. The zero-order valence-electron chi connectivity index (χ0n) is 11.2. The topological polar surface area (TPSA) is 37.3 Å². The molecule has 18 heavy (non-hydrogen) atoms. The summed E-state index contributed by atoms with van der Waals surface area (Å²) in [7, 11) is 0. The monoisotopic (exact) mass is 244 g/mol. The summed E-state index contributed by atoms with van der Waals surface area (Å²) in [4.78, 5) is 10.7. The number of rotatable bonds is 5. The van der Waals surface area contributed by atoms with Crippen LogP contribution < -0.4 is 0 Å². The van der Waals surface area contributed by atoms with Crippen LogP contribution in [0, 0.1) is 6.92 Å². The molecule has 0 amide bonds. The van der Waals surface area contributed by atoms with Crippen molar-refractivity contribution in [1.82, 2.24) is 0 Å². The molecule has 0 aliphatic heterocycles. The molecule has 0 fully saturated rings. The van der Waals surface area contributed by atoms with E-state index in [1.54, 1.807) is 0 Å². The summed E-state index contributed by atoms with van der Waals surface area (Å²) in [5.74, 6) is -0.756. The van der Waals surface area contributed by atoms with Gasteiger partial charge in [0, 0.05) is 6.42 Å². The van der Waals surface area contributed by atoms with Crippen LogP contribution in [-0.2, 0) is 4.79 Å². The molecule has 0 atom stereocenters. The molecule has 0 saturated carbocycles. The zero-order valence-corrected chi connectivity index (χ0v) is 11.2. The highest BCUT2D eigenvalue weighted by Gasteiger charge is 2.08. The van der Waals surface area contributed by atoms with Crippen LogP contribution in [0.2, 0.25) is 0 Å². The third kappa shape index (κ3) is 3.88. The van der Waals surface area contributed by atoms with Gasteiger partial charge in [-0.15, -0.1) is 0 Å². The van der Waals surface area contributed by atoms with Gasteiger partial charge in [0.2, 0.25) is 0 Å². The van der Waals surface area contributed by atoms with E-state index in [9.17, 15) is 4.79 Å². The maximum atomic E-state index is 10.7.